The third-order valence-corrected chi connectivity index (χ3v) is 4.95. The molecule has 0 saturated heterocycles. The maximum Gasteiger partial charge on any atom is 0.187 e. The number of anilines is 1. The van der Waals surface area contributed by atoms with Crippen molar-refractivity contribution in [2.24, 2.45) is 0 Å². The van der Waals surface area contributed by atoms with Crippen LogP contribution in [0.15, 0.2) is 28.5 Å². The number of nitrogens with zero attached hydrogens (tertiary/aromatic N) is 1. The molecule has 0 unspecified atom stereocenters. The molecular formula is C11H12N2O2S2. The maximum absolute atomic E-state index is 11.6. The summed E-state index contributed by atoms with van der Waals surface area (Å²) in [7, 11) is -3.30. The Morgan fingerprint density at radius 2 is 2.06 bits per heavy atom. The average Bonchev–Trinajstić information content (AvgIpc) is 2.60. The predicted octanol–water partition coefficient (Wildman–Crippen LogP) is 2.10. The molecule has 0 saturated carbocycles. The van der Waals surface area contributed by atoms with Crippen LogP contribution in [0.3, 0.4) is 0 Å². The van der Waals surface area contributed by atoms with Crippen LogP contribution in [0.2, 0.25) is 0 Å². The van der Waals surface area contributed by atoms with Crippen LogP contribution in [0.5, 0.6) is 0 Å². The molecule has 0 aliphatic carbocycles. The summed E-state index contributed by atoms with van der Waals surface area (Å²) in [5.74, 6) is 0. The standard InChI is InChI=1S/C11H12N2O2S2/c1-7-4-3-5-8(6-7)9-10(17(2,14)15)16-11(12)13-9/h3-6H,1-2H3,(H2,12,13). The fraction of sp³-hybridized carbons (Fsp3) is 0.182. The number of thiazole rings is 1. The lowest BCUT2D eigenvalue weighted by Gasteiger charge is -2.01. The molecule has 0 aliphatic rings. The third-order valence-electron chi connectivity index (χ3n) is 2.24. The van der Waals surface area contributed by atoms with E-state index in [9.17, 15) is 8.42 Å². The first-order chi connectivity index (χ1) is 7.88. The van der Waals surface area contributed by atoms with Crippen LogP contribution in [0.4, 0.5) is 5.13 Å². The van der Waals surface area contributed by atoms with Gasteiger partial charge in [-0.15, -0.1) is 0 Å². The molecule has 90 valence electrons. The third kappa shape index (κ3) is 2.48. The molecule has 0 bridgehead atoms. The molecule has 4 nitrogen and oxygen atoms in total. The minimum absolute atomic E-state index is 0.223. The number of rotatable bonds is 2. The van der Waals surface area contributed by atoms with E-state index in [-0.39, 0.29) is 9.34 Å². The van der Waals surface area contributed by atoms with E-state index in [1.165, 1.54) is 6.26 Å². The Bertz CT molecular complexity index is 660. The number of sulfone groups is 1. The summed E-state index contributed by atoms with van der Waals surface area (Å²) in [5, 5.41) is 0.266. The van der Waals surface area contributed by atoms with Crippen LogP contribution in [0, 0.1) is 6.92 Å². The van der Waals surface area contributed by atoms with Crippen LogP contribution in [0.25, 0.3) is 11.3 Å². The zero-order chi connectivity index (χ0) is 12.6. The van der Waals surface area contributed by atoms with E-state index in [0.717, 1.165) is 22.5 Å². The van der Waals surface area contributed by atoms with Gasteiger partial charge in [0.2, 0.25) is 0 Å². The fourth-order valence-electron chi connectivity index (χ4n) is 1.55. The summed E-state index contributed by atoms with van der Waals surface area (Å²) < 4.78 is 23.5. The van der Waals surface area contributed by atoms with Crippen molar-refractivity contribution in [3.05, 3.63) is 29.8 Å². The van der Waals surface area contributed by atoms with Gasteiger partial charge in [-0.2, -0.15) is 0 Å². The molecule has 1 heterocycles. The lowest BCUT2D eigenvalue weighted by Crippen LogP contribution is -1.96. The Balaban J connectivity index is 2.68. The van der Waals surface area contributed by atoms with Crippen molar-refractivity contribution in [2.45, 2.75) is 11.1 Å². The second-order valence-corrected chi connectivity index (χ2v) is 7.07. The molecule has 0 spiro atoms. The van der Waals surface area contributed by atoms with Crippen LogP contribution >= 0.6 is 11.3 Å². The molecule has 1 aromatic heterocycles. The summed E-state index contributed by atoms with van der Waals surface area (Å²) in [5.41, 5.74) is 7.86. The van der Waals surface area contributed by atoms with E-state index >= 15 is 0 Å². The molecule has 0 radical (unpaired) electrons. The number of nitrogens with two attached hydrogens (primary N) is 1. The largest absolute Gasteiger partial charge is 0.375 e. The van der Waals surface area contributed by atoms with E-state index in [1.54, 1.807) is 0 Å². The Labute approximate surface area is 104 Å². The van der Waals surface area contributed by atoms with E-state index in [4.69, 9.17) is 5.73 Å². The topological polar surface area (TPSA) is 73.0 Å². The zero-order valence-corrected chi connectivity index (χ0v) is 11.1. The van der Waals surface area contributed by atoms with Crippen molar-refractivity contribution in [3.63, 3.8) is 0 Å². The van der Waals surface area contributed by atoms with Crippen LogP contribution in [-0.4, -0.2) is 19.7 Å². The Kier molecular flexibility index (Phi) is 2.92. The van der Waals surface area contributed by atoms with Gasteiger partial charge >= 0.3 is 0 Å². The van der Waals surface area contributed by atoms with Crippen LogP contribution in [0.1, 0.15) is 5.56 Å². The normalized spacial score (nSPS) is 11.6. The number of aromatic nitrogens is 1. The average molecular weight is 268 g/mol. The highest BCUT2D eigenvalue weighted by Crippen LogP contribution is 2.33. The smallest absolute Gasteiger partial charge is 0.187 e. The highest BCUT2D eigenvalue weighted by atomic mass is 32.2. The minimum Gasteiger partial charge on any atom is -0.375 e. The first-order valence-electron chi connectivity index (χ1n) is 4.91. The van der Waals surface area contributed by atoms with Crippen molar-refractivity contribution < 1.29 is 8.42 Å². The molecule has 2 rings (SSSR count). The van der Waals surface area contributed by atoms with Crippen LogP contribution < -0.4 is 5.73 Å². The number of nitrogen functional groups attached to an aromatic ring is 1. The molecule has 6 heteroatoms. The van der Waals surface area contributed by atoms with Gasteiger partial charge in [0.1, 0.15) is 9.90 Å². The molecule has 0 aliphatic heterocycles. The molecule has 17 heavy (non-hydrogen) atoms. The highest BCUT2D eigenvalue weighted by molar-refractivity contribution is 7.93. The maximum atomic E-state index is 11.6. The van der Waals surface area contributed by atoms with E-state index in [1.807, 2.05) is 31.2 Å². The first-order valence-corrected chi connectivity index (χ1v) is 7.62. The zero-order valence-electron chi connectivity index (χ0n) is 9.47. The summed E-state index contributed by atoms with van der Waals surface area (Å²) >= 11 is 1.00. The summed E-state index contributed by atoms with van der Waals surface area (Å²) in [4.78, 5) is 4.11. The van der Waals surface area contributed by atoms with E-state index in [2.05, 4.69) is 4.98 Å². The van der Waals surface area contributed by atoms with Gasteiger partial charge in [0.25, 0.3) is 0 Å². The van der Waals surface area contributed by atoms with E-state index in [0.29, 0.717) is 5.69 Å². The highest BCUT2D eigenvalue weighted by Gasteiger charge is 2.20. The SMILES string of the molecule is Cc1cccc(-c2nc(N)sc2S(C)(=O)=O)c1. The quantitative estimate of drug-likeness (QED) is 0.905. The second kappa shape index (κ2) is 4.12. The van der Waals surface area contributed by atoms with Crippen molar-refractivity contribution in [3.8, 4) is 11.3 Å². The van der Waals surface area contributed by atoms with Gasteiger partial charge in [0.05, 0.1) is 0 Å². The Morgan fingerprint density at radius 1 is 1.35 bits per heavy atom. The lowest BCUT2D eigenvalue weighted by atomic mass is 10.1. The first kappa shape index (κ1) is 12.1. The molecule has 0 amide bonds. The van der Waals surface area contributed by atoms with Gasteiger partial charge in [-0.3, -0.25) is 0 Å². The van der Waals surface area contributed by atoms with Crippen molar-refractivity contribution >= 4 is 26.3 Å². The minimum atomic E-state index is -3.30. The summed E-state index contributed by atoms with van der Waals surface area (Å²) in [6.45, 7) is 1.94. The number of hydrogen-bond acceptors (Lipinski definition) is 5. The monoisotopic (exact) mass is 268 g/mol. The van der Waals surface area contributed by atoms with Gasteiger partial charge in [-0.05, 0) is 13.0 Å². The van der Waals surface area contributed by atoms with Gasteiger partial charge in [-0.1, -0.05) is 35.1 Å². The fourth-order valence-corrected chi connectivity index (χ4v) is 3.51. The summed E-state index contributed by atoms with van der Waals surface area (Å²) in [6, 6.07) is 7.53. The lowest BCUT2D eigenvalue weighted by molar-refractivity contribution is 0.604. The molecule has 1 aromatic carbocycles. The number of aryl methyl sites for hydroxylation is 1. The molecular weight excluding hydrogens is 256 g/mol. The molecule has 0 atom stereocenters. The van der Waals surface area contributed by atoms with Crippen molar-refractivity contribution in [1.82, 2.24) is 4.98 Å². The number of hydrogen-bond donors (Lipinski definition) is 1. The molecule has 2 N–H and O–H groups in total. The number of benzene rings is 1. The molecule has 0 fully saturated rings. The van der Waals surface area contributed by atoms with Gasteiger partial charge in [0, 0.05) is 11.8 Å². The predicted molar refractivity (Wildman–Crippen MR) is 69.8 cm³/mol. The van der Waals surface area contributed by atoms with Crippen molar-refractivity contribution in [1.29, 1.82) is 0 Å². The van der Waals surface area contributed by atoms with E-state index < -0.39 is 9.84 Å². The van der Waals surface area contributed by atoms with Crippen LogP contribution in [-0.2, 0) is 9.84 Å². The second-order valence-electron chi connectivity index (χ2n) is 3.83. The summed E-state index contributed by atoms with van der Waals surface area (Å²) in [6.07, 6.45) is 1.17. The van der Waals surface area contributed by atoms with Crippen molar-refractivity contribution in [2.75, 3.05) is 12.0 Å². The molecule has 2 aromatic rings. The Hall–Kier alpha value is -1.40. The Morgan fingerprint density at radius 3 is 2.65 bits per heavy atom. The van der Waals surface area contributed by atoms with Gasteiger partial charge in [0.15, 0.2) is 15.0 Å². The van der Waals surface area contributed by atoms with Gasteiger partial charge < -0.3 is 5.73 Å². The van der Waals surface area contributed by atoms with Gasteiger partial charge in [-0.25, -0.2) is 13.4 Å².